The molecule has 1 aliphatic rings. The highest BCUT2D eigenvalue weighted by molar-refractivity contribution is 5.48. The van der Waals surface area contributed by atoms with Gasteiger partial charge in [-0.3, -0.25) is 4.90 Å². The molecule has 0 aliphatic carbocycles. The lowest BCUT2D eigenvalue weighted by atomic mass is 9.95. The van der Waals surface area contributed by atoms with Crippen molar-refractivity contribution in [1.82, 2.24) is 14.3 Å². The summed E-state index contributed by atoms with van der Waals surface area (Å²) in [5.74, 6) is 0.0100. The van der Waals surface area contributed by atoms with Crippen molar-refractivity contribution in [2.45, 2.75) is 31.9 Å². The highest BCUT2D eigenvalue weighted by atomic mass is 16.6. The van der Waals surface area contributed by atoms with E-state index in [0.29, 0.717) is 24.4 Å². The van der Waals surface area contributed by atoms with Gasteiger partial charge in [0.2, 0.25) is 5.65 Å². The summed E-state index contributed by atoms with van der Waals surface area (Å²) in [4.78, 5) is 17.4. The van der Waals surface area contributed by atoms with Gasteiger partial charge in [-0.1, -0.05) is 6.07 Å². The zero-order valence-electron chi connectivity index (χ0n) is 11.9. The lowest BCUT2D eigenvalue weighted by Gasteiger charge is -2.36. The molecular weight excluding hydrogens is 272 g/mol. The van der Waals surface area contributed by atoms with Gasteiger partial charge in [-0.05, 0) is 37.3 Å². The lowest BCUT2D eigenvalue weighted by Crippen LogP contribution is -2.45. The first-order valence-electron chi connectivity index (χ1n) is 7.01. The number of piperidine rings is 1. The van der Waals surface area contributed by atoms with Crippen molar-refractivity contribution in [1.29, 1.82) is 0 Å². The van der Waals surface area contributed by atoms with Crippen LogP contribution in [-0.2, 0) is 6.54 Å². The Kier molecular flexibility index (Phi) is 3.38. The summed E-state index contributed by atoms with van der Waals surface area (Å²) in [6.07, 6.45) is 3.29. The van der Waals surface area contributed by atoms with Gasteiger partial charge in [-0.2, -0.15) is 4.40 Å². The molecule has 1 N–H and O–H groups in total. The Balaban J connectivity index is 1.93. The average Bonchev–Trinajstić information content (AvgIpc) is 2.75. The van der Waals surface area contributed by atoms with E-state index >= 15 is 0 Å². The monoisotopic (exact) mass is 290 g/mol. The number of hydrogen-bond donors (Lipinski definition) is 1. The van der Waals surface area contributed by atoms with Crippen molar-refractivity contribution in [3.63, 3.8) is 0 Å². The van der Waals surface area contributed by atoms with Gasteiger partial charge in [0.15, 0.2) is 5.69 Å². The van der Waals surface area contributed by atoms with E-state index in [4.69, 9.17) is 0 Å². The summed E-state index contributed by atoms with van der Waals surface area (Å²) < 4.78 is 1.50. The molecule has 0 radical (unpaired) electrons. The zero-order chi connectivity index (χ0) is 15.0. The van der Waals surface area contributed by atoms with Crippen LogP contribution < -0.4 is 0 Å². The van der Waals surface area contributed by atoms with E-state index < -0.39 is 10.5 Å². The van der Waals surface area contributed by atoms with Gasteiger partial charge in [-0.25, -0.2) is 4.98 Å². The third kappa shape index (κ3) is 2.74. The summed E-state index contributed by atoms with van der Waals surface area (Å²) in [5.41, 5.74) is 0.290. The van der Waals surface area contributed by atoms with Crippen molar-refractivity contribution in [3.05, 3.63) is 40.2 Å². The highest BCUT2D eigenvalue weighted by Gasteiger charge is 2.31. The fourth-order valence-corrected chi connectivity index (χ4v) is 3.00. The number of hydrogen-bond acceptors (Lipinski definition) is 5. The molecule has 1 fully saturated rings. The second-order valence-electron chi connectivity index (χ2n) is 5.88. The molecular formula is C14H18N4O3. The van der Waals surface area contributed by atoms with Crippen molar-refractivity contribution in [2.24, 2.45) is 0 Å². The van der Waals surface area contributed by atoms with E-state index in [1.807, 2.05) is 11.0 Å². The van der Waals surface area contributed by atoms with Crippen LogP contribution in [0.3, 0.4) is 0 Å². The van der Waals surface area contributed by atoms with Gasteiger partial charge in [-0.15, -0.1) is 0 Å². The molecule has 0 amide bonds. The second-order valence-corrected chi connectivity index (χ2v) is 5.88. The molecule has 0 saturated carbocycles. The molecule has 2 aromatic rings. The van der Waals surface area contributed by atoms with Crippen molar-refractivity contribution in [2.75, 3.05) is 13.1 Å². The summed E-state index contributed by atoms with van der Waals surface area (Å²) >= 11 is 0. The van der Waals surface area contributed by atoms with Crippen LogP contribution in [0.1, 0.15) is 25.5 Å². The van der Waals surface area contributed by atoms with Gasteiger partial charge in [0, 0.05) is 19.2 Å². The Morgan fingerprint density at radius 1 is 1.52 bits per heavy atom. The SMILES string of the molecule is CC1(O)CCCN(Cc2nc3ccccn3c2[N+](=O)[O-])C1. The zero-order valence-corrected chi connectivity index (χ0v) is 11.9. The maximum atomic E-state index is 11.3. The average molecular weight is 290 g/mol. The van der Waals surface area contributed by atoms with Gasteiger partial charge in [0.1, 0.15) is 0 Å². The summed E-state index contributed by atoms with van der Waals surface area (Å²) in [6, 6.07) is 5.31. The number of β-amino-alcohol motifs (C(OH)–C–C–N with tert-alkyl or cyclic N) is 1. The predicted molar refractivity (Wildman–Crippen MR) is 77.0 cm³/mol. The first-order valence-corrected chi connectivity index (χ1v) is 7.01. The standard InChI is InChI=1S/C14H18N4O3/c1-14(19)6-4-7-16(10-14)9-11-13(18(20)21)17-8-3-2-5-12(17)15-11/h2-3,5,8,19H,4,6-7,9-10H2,1H3. The van der Waals surface area contributed by atoms with Crippen LogP contribution in [0.2, 0.25) is 0 Å². The van der Waals surface area contributed by atoms with Gasteiger partial charge in [0.25, 0.3) is 0 Å². The fraction of sp³-hybridized carbons (Fsp3) is 0.500. The van der Waals surface area contributed by atoms with Crippen LogP contribution in [0.15, 0.2) is 24.4 Å². The molecule has 1 saturated heterocycles. The van der Waals surface area contributed by atoms with E-state index in [1.54, 1.807) is 25.3 Å². The predicted octanol–water partition coefficient (Wildman–Crippen LogP) is 1.59. The Bertz CT molecular complexity index is 680. The Morgan fingerprint density at radius 2 is 2.33 bits per heavy atom. The van der Waals surface area contributed by atoms with Crippen molar-refractivity contribution < 1.29 is 10.0 Å². The van der Waals surface area contributed by atoms with E-state index in [-0.39, 0.29) is 5.82 Å². The summed E-state index contributed by atoms with van der Waals surface area (Å²) in [5, 5.41) is 21.5. The van der Waals surface area contributed by atoms with Gasteiger partial charge < -0.3 is 15.2 Å². The fourth-order valence-electron chi connectivity index (χ4n) is 3.00. The number of nitrogens with zero attached hydrogens (tertiary/aromatic N) is 4. The molecule has 1 atom stereocenters. The Hall–Kier alpha value is -1.99. The van der Waals surface area contributed by atoms with Crippen LogP contribution in [-0.4, -0.2) is 43.0 Å². The number of likely N-dealkylation sites (tertiary alicyclic amines) is 1. The molecule has 112 valence electrons. The molecule has 0 aromatic carbocycles. The minimum Gasteiger partial charge on any atom is -0.389 e. The summed E-state index contributed by atoms with van der Waals surface area (Å²) in [6.45, 7) is 3.52. The molecule has 1 unspecified atom stereocenters. The summed E-state index contributed by atoms with van der Waals surface area (Å²) in [7, 11) is 0. The van der Waals surface area contributed by atoms with Gasteiger partial charge >= 0.3 is 5.82 Å². The van der Waals surface area contributed by atoms with Crippen LogP contribution in [0.5, 0.6) is 0 Å². The number of rotatable bonds is 3. The van der Waals surface area contributed by atoms with E-state index in [2.05, 4.69) is 4.98 Å². The maximum Gasteiger partial charge on any atom is 0.352 e. The molecule has 7 nitrogen and oxygen atoms in total. The third-order valence-corrected chi connectivity index (χ3v) is 3.87. The topological polar surface area (TPSA) is 83.9 Å². The van der Waals surface area contributed by atoms with Crippen molar-refractivity contribution in [3.8, 4) is 0 Å². The lowest BCUT2D eigenvalue weighted by molar-refractivity contribution is -0.391. The smallest absolute Gasteiger partial charge is 0.352 e. The quantitative estimate of drug-likeness (QED) is 0.685. The second kappa shape index (κ2) is 5.09. The number of imidazole rings is 1. The van der Waals surface area contributed by atoms with Crippen LogP contribution in [0.25, 0.3) is 5.65 Å². The Labute approximate surface area is 122 Å². The molecule has 3 rings (SSSR count). The highest BCUT2D eigenvalue weighted by Crippen LogP contribution is 2.26. The number of aromatic nitrogens is 2. The largest absolute Gasteiger partial charge is 0.389 e. The van der Waals surface area contributed by atoms with Crippen molar-refractivity contribution >= 4 is 11.5 Å². The third-order valence-electron chi connectivity index (χ3n) is 3.87. The first-order chi connectivity index (χ1) is 9.96. The van der Waals surface area contributed by atoms with E-state index in [9.17, 15) is 15.2 Å². The molecule has 0 spiro atoms. The minimum absolute atomic E-state index is 0.0100. The number of nitro groups is 1. The molecule has 1 aliphatic heterocycles. The minimum atomic E-state index is -0.730. The van der Waals surface area contributed by atoms with Crippen LogP contribution >= 0.6 is 0 Å². The molecule has 7 heteroatoms. The van der Waals surface area contributed by atoms with Crippen LogP contribution in [0, 0.1) is 10.1 Å². The molecule has 0 bridgehead atoms. The van der Waals surface area contributed by atoms with E-state index in [0.717, 1.165) is 19.4 Å². The van der Waals surface area contributed by atoms with Crippen LogP contribution in [0.4, 0.5) is 5.82 Å². The van der Waals surface area contributed by atoms with Gasteiger partial charge in [0.05, 0.1) is 11.8 Å². The number of fused-ring (bicyclic) bond motifs is 1. The Morgan fingerprint density at radius 3 is 3.05 bits per heavy atom. The molecule has 21 heavy (non-hydrogen) atoms. The van der Waals surface area contributed by atoms with E-state index in [1.165, 1.54) is 4.40 Å². The molecule has 3 heterocycles. The number of aliphatic hydroxyl groups is 1. The maximum absolute atomic E-state index is 11.3. The first kappa shape index (κ1) is 14.0. The number of pyridine rings is 1. The normalized spacial score (nSPS) is 23.5. The molecule has 2 aromatic heterocycles.